The van der Waals surface area contributed by atoms with Gasteiger partial charge in [0.25, 0.3) is 11.8 Å². The molecule has 5 heteroatoms. The van der Waals surface area contributed by atoms with E-state index in [1.54, 1.807) is 38.5 Å². The molecule has 0 saturated heterocycles. The van der Waals surface area contributed by atoms with Crippen molar-refractivity contribution in [2.45, 2.75) is 12.8 Å². The van der Waals surface area contributed by atoms with Gasteiger partial charge >= 0.3 is 0 Å². The molecule has 0 bridgehead atoms. The van der Waals surface area contributed by atoms with Crippen molar-refractivity contribution < 1.29 is 19.1 Å². The van der Waals surface area contributed by atoms with Gasteiger partial charge in [-0.3, -0.25) is 14.5 Å². The molecule has 0 atom stereocenters. The summed E-state index contributed by atoms with van der Waals surface area (Å²) in [5, 5.41) is 0. The van der Waals surface area contributed by atoms with Gasteiger partial charge in [-0.25, -0.2) is 0 Å². The molecule has 162 valence electrons. The number of carbonyl (C=O) groups excluding carboxylic acids is 2. The van der Waals surface area contributed by atoms with Gasteiger partial charge in [-0.2, -0.15) is 0 Å². The maximum Gasteiger partial charge on any atom is 0.261 e. The molecule has 1 aliphatic heterocycles. The lowest BCUT2D eigenvalue weighted by Crippen LogP contribution is -2.30. The first kappa shape index (κ1) is 21.4. The number of fused-ring (bicyclic) bond motifs is 1. The highest BCUT2D eigenvalue weighted by atomic mass is 16.5. The molecule has 5 nitrogen and oxygen atoms in total. The minimum absolute atomic E-state index is 0.201. The largest absolute Gasteiger partial charge is 0.496 e. The number of methoxy groups -OCH3 is 2. The van der Waals surface area contributed by atoms with Gasteiger partial charge in [-0.1, -0.05) is 48.5 Å². The van der Waals surface area contributed by atoms with Crippen LogP contribution in [-0.2, 0) is 6.42 Å². The molecule has 0 aromatic heterocycles. The van der Waals surface area contributed by atoms with Crippen LogP contribution in [0, 0.1) is 0 Å². The second-order valence-electron chi connectivity index (χ2n) is 7.57. The molecule has 0 radical (unpaired) electrons. The van der Waals surface area contributed by atoms with Gasteiger partial charge in [0.05, 0.1) is 30.9 Å². The summed E-state index contributed by atoms with van der Waals surface area (Å²) in [5.74, 6) is 1.09. The monoisotopic (exact) mass is 427 g/mol. The zero-order valence-corrected chi connectivity index (χ0v) is 18.2. The van der Waals surface area contributed by atoms with Crippen LogP contribution in [0.4, 0.5) is 0 Å². The molecule has 0 fully saturated rings. The van der Waals surface area contributed by atoms with E-state index in [2.05, 4.69) is 12.1 Å². The molecule has 0 aliphatic carbocycles. The Morgan fingerprint density at radius 1 is 0.781 bits per heavy atom. The minimum atomic E-state index is -0.201. The van der Waals surface area contributed by atoms with E-state index in [1.807, 2.05) is 42.5 Å². The molecular weight excluding hydrogens is 402 g/mol. The molecule has 0 spiro atoms. The molecule has 1 heterocycles. The van der Waals surface area contributed by atoms with Crippen molar-refractivity contribution >= 4 is 24.0 Å². The summed E-state index contributed by atoms with van der Waals surface area (Å²) in [4.78, 5) is 26.4. The molecule has 3 aromatic carbocycles. The van der Waals surface area contributed by atoms with Gasteiger partial charge in [0.2, 0.25) is 0 Å². The van der Waals surface area contributed by atoms with Crippen molar-refractivity contribution in [3.63, 3.8) is 0 Å². The molecule has 0 saturated carbocycles. The highest BCUT2D eigenvalue weighted by molar-refractivity contribution is 6.21. The summed E-state index contributed by atoms with van der Waals surface area (Å²) >= 11 is 0. The van der Waals surface area contributed by atoms with Crippen LogP contribution in [0.2, 0.25) is 0 Å². The molecule has 1 aliphatic rings. The maximum atomic E-state index is 12.5. The molecule has 0 unspecified atom stereocenters. The number of rotatable bonds is 8. The smallest absolute Gasteiger partial charge is 0.261 e. The van der Waals surface area contributed by atoms with Crippen LogP contribution in [0.1, 0.15) is 43.8 Å². The normalized spacial score (nSPS) is 13.0. The first-order valence-electron chi connectivity index (χ1n) is 10.6. The standard InChI is InChI=1S/C27H25NO4/c1-31-24-13-6-14-25(32-2)23(24)16-15-20-9-5-8-19(18-20)10-7-17-28-26(29)21-11-3-4-12-22(21)27(28)30/h3-6,8-9,11-16,18H,7,10,17H2,1-2H3/b16-15+. The lowest BCUT2D eigenvalue weighted by molar-refractivity contribution is 0.0652. The van der Waals surface area contributed by atoms with Crippen molar-refractivity contribution in [3.05, 3.63) is 94.5 Å². The third-order valence-corrected chi connectivity index (χ3v) is 5.58. The summed E-state index contributed by atoms with van der Waals surface area (Å²) in [6, 6.07) is 20.9. The second-order valence-corrected chi connectivity index (χ2v) is 7.57. The van der Waals surface area contributed by atoms with E-state index in [-0.39, 0.29) is 11.8 Å². The summed E-state index contributed by atoms with van der Waals surface area (Å²) in [7, 11) is 3.28. The average Bonchev–Trinajstić information content (AvgIpc) is 3.07. The molecule has 4 rings (SSSR count). The topological polar surface area (TPSA) is 55.8 Å². The lowest BCUT2D eigenvalue weighted by Gasteiger charge is -2.13. The van der Waals surface area contributed by atoms with Gasteiger partial charge in [0, 0.05) is 6.54 Å². The Morgan fingerprint density at radius 3 is 2.03 bits per heavy atom. The second kappa shape index (κ2) is 9.52. The van der Waals surface area contributed by atoms with Crippen LogP contribution in [0.3, 0.4) is 0 Å². The van der Waals surface area contributed by atoms with Gasteiger partial charge in [0.15, 0.2) is 0 Å². The average molecular weight is 428 g/mol. The van der Waals surface area contributed by atoms with Gasteiger partial charge in [0.1, 0.15) is 11.5 Å². The number of benzene rings is 3. The van der Waals surface area contributed by atoms with Crippen LogP contribution in [0.15, 0.2) is 66.7 Å². The van der Waals surface area contributed by atoms with E-state index in [4.69, 9.17) is 9.47 Å². The minimum Gasteiger partial charge on any atom is -0.496 e. The Hall–Kier alpha value is -3.86. The van der Waals surface area contributed by atoms with Gasteiger partial charge < -0.3 is 9.47 Å². The van der Waals surface area contributed by atoms with Crippen LogP contribution in [0.5, 0.6) is 11.5 Å². The zero-order chi connectivity index (χ0) is 22.5. The van der Waals surface area contributed by atoms with Crippen LogP contribution >= 0.6 is 0 Å². The van der Waals surface area contributed by atoms with Crippen LogP contribution in [-0.4, -0.2) is 37.5 Å². The first-order chi connectivity index (χ1) is 15.6. The predicted octanol–water partition coefficient (Wildman–Crippen LogP) is 5.10. The highest BCUT2D eigenvalue weighted by Gasteiger charge is 2.34. The van der Waals surface area contributed by atoms with E-state index in [0.717, 1.165) is 34.6 Å². The third kappa shape index (κ3) is 4.28. The van der Waals surface area contributed by atoms with Crippen molar-refractivity contribution in [2.75, 3.05) is 20.8 Å². The van der Waals surface area contributed by atoms with Gasteiger partial charge in [-0.15, -0.1) is 0 Å². The number of carbonyl (C=O) groups is 2. The Bertz CT molecular complexity index is 1120. The van der Waals surface area contributed by atoms with E-state index in [0.29, 0.717) is 24.1 Å². The highest BCUT2D eigenvalue weighted by Crippen LogP contribution is 2.30. The Balaban J connectivity index is 1.41. The van der Waals surface area contributed by atoms with Crippen LogP contribution in [0.25, 0.3) is 12.2 Å². The fourth-order valence-electron chi connectivity index (χ4n) is 3.96. The molecular formula is C27H25NO4. The summed E-state index contributed by atoms with van der Waals surface area (Å²) in [6.45, 7) is 0.408. The number of ether oxygens (including phenoxy) is 2. The number of aryl methyl sites for hydroxylation is 1. The summed E-state index contributed by atoms with van der Waals surface area (Å²) in [6.07, 6.45) is 5.48. The van der Waals surface area contributed by atoms with Crippen molar-refractivity contribution in [3.8, 4) is 11.5 Å². The maximum absolute atomic E-state index is 12.5. The van der Waals surface area contributed by atoms with E-state index in [9.17, 15) is 9.59 Å². The first-order valence-corrected chi connectivity index (χ1v) is 10.6. The van der Waals surface area contributed by atoms with Crippen molar-refractivity contribution in [2.24, 2.45) is 0 Å². The molecule has 32 heavy (non-hydrogen) atoms. The third-order valence-electron chi connectivity index (χ3n) is 5.58. The van der Waals surface area contributed by atoms with Crippen molar-refractivity contribution in [1.82, 2.24) is 4.90 Å². The summed E-state index contributed by atoms with van der Waals surface area (Å²) in [5.41, 5.74) is 4.08. The lowest BCUT2D eigenvalue weighted by atomic mass is 10.0. The summed E-state index contributed by atoms with van der Waals surface area (Å²) < 4.78 is 10.9. The Morgan fingerprint density at radius 2 is 1.41 bits per heavy atom. The van der Waals surface area contributed by atoms with Crippen LogP contribution < -0.4 is 9.47 Å². The number of hydrogen-bond donors (Lipinski definition) is 0. The number of amides is 2. The predicted molar refractivity (Wildman–Crippen MR) is 125 cm³/mol. The zero-order valence-electron chi connectivity index (χ0n) is 18.2. The van der Waals surface area contributed by atoms with Gasteiger partial charge in [-0.05, 0) is 54.3 Å². The fraction of sp³-hybridized carbons (Fsp3) is 0.185. The SMILES string of the molecule is COc1cccc(OC)c1/C=C/c1cccc(CCCN2C(=O)c3ccccc3C2=O)c1. The molecule has 3 aromatic rings. The number of imide groups is 1. The van der Waals surface area contributed by atoms with Crippen molar-refractivity contribution in [1.29, 1.82) is 0 Å². The molecule has 2 amide bonds. The van der Waals surface area contributed by atoms with E-state index < -0.39 is 0 Å². The fourth-order valence-corrected chi connectivity index (χ4v) is 3.96. The Labute approximate surface area is 187 Å². The number of hydrogen-bond acceptors (Lipinski definition) is 4. The Kier molecular flexibility index (Phi) is 6.36. The number of nitrogens with zero attached hydrogens (tertiary/aromatic N) is 1. The van der Waals surface area contributed by atoms with E-state index >= 15 is 0 Å². The quantitative estimate of drug-likeness (QED) is 0.371. The van der Waals surface area contributed by atoms with E-state index in [1.165, 1.54) is 4.90 Å². The molecule has 0 N–H and O–H groups in total.